The first-order chi connectivity index (χ1) is 14.3. The molecule has 0 spiro atoms. The molecule has 1 aliphatic carbocycles. The number of fused-ring (bicyclic) bond motifs is 1. The highest BCUT2D eigenvalue weighted by molar-refractivity contribution is 6.30. The fourth-order valence-corrected chi connectivity index (χ4v) is 4.44. The van der Waals surface area contributed by atoms with E-state index in [1.54, 1.807) is 35.0 Å². The van der Waals surface area contributed by atoms with Gasteiger partial charge in [0.25, 0.3) is 0 Å². The molecule has 2 aliphatic rings. The zero-order valence-corrected chi connectivity index (χ0v) is 17.4. The van der Waals surface area contributed by atoms with Crippen LogP contribution in [0.5, 0.6) is 0 Å². The Labute approximate surface area is 178 Å². The molecule has 3 aromatic rings. The smallest absolute Gasteiger partial charge is 0.226 e. The van der Waals surface area contributed by atoms with E-state index in [1.807, 2.05) is 12.1 Å². The number of carbonyl (C=O) groups is 1. The molecule has 0 bridgehead atoms. The first-order valence-corrected chi connectivity index (χ1v) is 10.2. The van der Waals surface area contributed by atoms with E-state index in [0.717, 1.165) is 11.3 Å². The summed E-state index contributed by atoms with van der Waals surface area (Å²) in [5, 5.41) is 8.58. The highest BCUT2D eigenvalue weighted by Gasteiger charge is 2.42. The topological polar surface area (TPSA) is 59.8 Å². The molecule has 5 nitrogen and oxygen atoms in total. The second-order valence-corrected chi connectivity index (χ2v) is 9.03. The average molecular weight is 423 g/mol. The summed E-state index contributed by atoms with van der Waals surface area (Å²) in [5.74, 6) is 0.624. The van der Waals surface area contributed by atoms with Crippen molar-refractivity contribution >= 4 is 23.3 Å². The number of aromatic nitrogens is 3. The monoisotopic (exact) mass is 422 g/mol. The summed E-state index contributed by atoms with van der Waals surface area (Å²) in [7, 11) is 0. The molecule has 2 heterocycles. The predicted octanol–water partition coefficient (Wildman–Crippen LogP) is 5.40. The molecule has 1 unspecified atom stereocenters. The van der Waals surface area contributed by atoms with E-state index < -0.39 is 6.04 Å². The molecule has 7 heteroatoms. The number of carbonyl (C=O) groups excluding carboxylic acids is 1. The van der Waals surface area contributed by atoms with Crippen LogP contribution in [-0.2, 0) is 4.79 Å². The second kappa shape index (κ2) is 6.77. The number of nitrogens with one attached hydrogen (secondary N) is 1. The Morgan fingerprint density at radius 2 is 1.87 bits per heavy atom. The predicted molar refractivity (Wildman–Crippen MR) is 114 cm³/mol. The van der Waals surface area contributed by atoms with Gasteiger partial charge in [-0.25, -0.2) is 9.07 Å². The lowest BCUT2D eigenvalue weighted by Gasteiger charge is -2.38. The van der Waals surface area contributed by atoms with Crippen molar-refractivity contribution < 1.29 is 9.18 Å². The van der Waals surface area contributed by atoms with E-state index in [-0.39, 0.29) is 17.0 Å². The molecule has 0 saturated heterocycles. The SMILES string of the molecule is CC1(C)CC(=O)C2=C(C1)Nc1nc(-c3ccc(Cl)cc3)nn1C2c1ccccc1F. The van der Waals surface area contributed by atoms with E-state index in [9.17, 15) is 9.18 Å². The molecule has 152 valence electrons. The summed E-state index contributed by atoms with van der Waals surface area (Å²) in [5.41, 5.74) is 2.39. The van der Waals surface area contributed by atoms with Crippen molar-refractivity contribution in [1.82, 2.24) is 14.8 Å². The molecule has 0 saturated carbocycles. The van der Waals surface area contributed by atoms with Crippen molar-refractivity contribution in [3.63, 3.8) is 0 Å². The Hall–Kier alpha value is -2.99. The molecule has 2 aromatic carbocycles. The van der Waals surface area contributed by atoms with Gasteiger partial charge < -0.3 is 5.32 Å². The summed E-state index contributed by atoms with van der Waals surface area (Å²) < 4.78 is 16.5. The molecule has 1 N–H and O–H groups in total. The van der Waals surface area contributed by atoms with Crippen molar-refractivity contribution in [2.24, 2.45) is 5.41 Å². The standard InChI is InChI=1S/C23H20ClFN4O/c1-23(2)11-17-19(18(30)12-23)20(15-5-3-4-6-16(15)25)29-22(26-17)27-21(28-29)13-7-9-14(24)10-8-13/h3-10,20H,11-12H2,1-2H3,(H,26,27,28). The van der Waals surface area contributed by atoms with Crippen molar-refractivity contribution in [3.8, 4) is 11.4 Å². The minimum Gasteiger partial charge on any atom is -0.328 e. The number of hydrogen-bond acceptors (Lipinski definition) is 4. The quantitative estimate of drug-likeness (QED) is 0.601. The lowest BCUT2D eigenvalue weighted by Crippen LogP contribution is -2.36. The Kier molecular flexibility index (Phi) is 4.29. The number of ketones is 1. The molecule has 0 fully saturated rings. The number of anilines is 1. The van der Waals surface area contributed by atoms with Gasteiger partial charge in [-0.1, -0.05) is 43.6 Å². The molecule has 0 amide bonds. The molecule has 1 atom stereocenters. The Balaban J connectivity index is 1.70. The van der Waals surface area contributed by atoms with Gasteiger partial charge in [0.2, 0.25) is 5.95 Å². The summed E-state index contributed by atoms with van der Waals surface area (Å²) >= 11 is 6.00. The minimum atomic E-state index is -0.658. The third-order valence-electron chi connectivity index (χ3n) is 5.63. The summed E-state index contributed by atoms with van der Waals surface area (Å²) in [4.78, 5) is 17.8. The largest absolute Gasteiger partial charge is 0.328 e. The van der Waals surface area contributed by atoms with Gasteiger partial charge in [0.1, 0.15) is 11.9 Å². The number of allylic oxidation sites excluding steroid dienone is 2. The van der Waals surface area contributed by atoms with Crippen LogP contribution in [-0.4, -0.2) is 20.5 Å². The maximum atomic E-state index is 14.8. The number of Topliss-reactive ketones (excluding diaryl/α,β-unsaturated/α-hetero) is 1. The van der Waals surface area contributed by atoms with Crippen molar-refractivity contribution in [1.29, 1.82) is 0 Å². The van der Waals surface area contributed by atoms with Gasteiger partial charge >= 0.3 is 0 Å². The minimum absolute atomic E-state index is 0.0104. The lowest BCUT2D eigenvalue weighted by atomic mass is 9.73. The maximum absolute atomic E-state index is 14.8. The number of nitrogens with zero attached hydrogens (tertiary/aromatic N) is 3. The van der Waals surface area contributed by atoms with Crippen LogP contribution in [0.2, 0.25) is 5.02 Å². The number of rotatable bonds is 2. The molecule has 5 rings (SSSR count). The van der Waals surface area contributed by atoms with Crippen LogP contribution in [0.25, 0.3) is 11.4 Å². The Morgan fingerprint density at radius 1 is 1.13 bits per heavy atom. The van der Waals surface area contributed by atoms with E-state index in [2.05, 4.69) is 29.2 Å². The second-order valence-electron chi connectivity index (χ2n) is 8.59. The van der Waals surface area contributed by atoms with Gasteiger partial charge in [-0.05, 0) is 42.2 Å². The van der Waals surface area contributed by atoms with Crippen molar-refractivity contribution in [2.45, 2.75) is 32.7 Å². The Morgan fingerprint density at radius 3 is 2.60 bits per heavy atom. The van der Waals surface area contributed by atoms with E-state index in [4.69, 9.17) is 11.6 Å². The average Bonchev–Trinajstić information content (AvgIpc) is 3.10. The van der Waals surface area contributed by atoms with Gasteiger partial charge in [0, 0.05) is 33.8 Å². The third-order valence-corrected chi connectivity index (χ3v) is 5.89. The highest BCUT2D eigenvalue weighted by atomic mass is 35.5. The van der Waals surface area contributed by atoms with Crippen LogP contribution in [0.15, 0.2) is 59.8 Å². The van der Waals surface area contributed by atoms with Gasteiger partial charge in [-0.3, -0.25) is 4.79 Å². The fourth-order valence-electron chi connectivity index (χ4n) is 4.31. The fraction of sp³-hybridized carbons (Fsp3) is 0.261. The molecular weight excluding hydrogens is 403 g/mol. The Bertz CT molecular complexity index is 1200. The molecule has 1 aliphatic heterocycles. The van der Waals surface area contributed by atoms with Gasteiger partial charge in [-0.2, -0.15) is 4.98 Å². The summed E-state index contributed by atoms with van der Waals surface area (Å²) in [6.45, 7) is 4.12. The van der Waals surface area contributed by atoms with E-state index in [1.165, 1.54) is 6.07 Å². The third kappa shape index (κ3) is 3.12. The van der Waals surface area contributed by atoms with Crippen molar-refractivity contribution in [2.75, 3.05) is 5.32 Å². The summed E-state index contributed by atoms with van der Waals surface area (Å²) in [6.07, 6.45) is 1.09. The molecule has 1 aromatic heterocycles. The van der Waals surface area contributed by atoms with Crippen LogP contribution in [0.3, 0.4) is 0 Å². The maximum Gasteiger partial charge on any atom is 0.226 e. The first kappa shape index (κ1) is 19.0. The van der Waals surface area contributed by atoms with Crippen LogP contribution >= 0.6 is 11.6 Å². The van der Waals surface area contributed by atoms with Gasteiger partial charge in [0.15, 0.2) is 11.6 Å². The van der Waals surface area contributed by atoms with E-state index in [0.29, 0.717) is 40.8 Å². The highest BCUT2D eigenvalue weighted by Crippen LogP contribution is 2.46. The molecule has 0 radical (unpaired) electrons. The van der Waals surface area contributed by atoms with E-state index >= 15 is 0 Å². The summed E-state index contributed by atoms with van der Waals surface area (Å²) in [6, 6.07) is 13.1. The molecular formula is C23H20ClFN4O. The number of halogens is 2. The number of hydrogen-bond donors (Lipinski definition) is 1. The van der Waals surface area contributed by atoms with Crippen LogP contribution in [0.1, 0.15) is 38.3 Å². The van der Waals surface area contributed by atoms with Gasteiger partial charge in [0.05, 0.1) is 0 Å². The van der Waals surface area contributed by atoms with Crippen molar-refractivity contribution in [3.05, 3.63) is 76.2 Å². The van der Waals surface area contributed by atoms with Gasteiger partial charge in [-0.15, -0.1) is 5.10 Å². The first-order valence-electron chi connectivity index (χ1n) is 9.82. The zero-order chi connectivity index (χ0) is 21.0. The van der Waals surface area contributed by atoms with Crippen LogP contribution < -0.4 is 5.32 Å². The number of benzene rings is 2. The lowest BCUT2D eigenvalue weighted by molar-refractivity contribution is -0.118. The normalized spacial score (nSPS) is 19.9. The molecule has 30 heavy (non-hydrogen) atoms. The zero-order valence-electron chi connectivity index (χ0n) is 16.6. The van der Waals surface area contributed by atoms with Crippen LogP contribution in [0, 0.1) is 11.2 Å². The van der Waals surface area contributed by atoms with Crippen LogP contribution in [0.4, 0.5) is 10.3 Å².